The molecular weight excluding hydrogens is 246 g/mol. The van der Waals surface area contributed by atoms with Crippen molar-refractivity contribution in [1.82, 2.24) is 9.80 Å². The molecule has 1 heterocycles. The predicted molar refractivity (Wildman–Crippen MR) is 86.0 cm³/mol. The second kappa shape index (κ2) is 6.70. The predicted octanol–water partition coefficient (Wildman–Crippen LogP) is 2.33. The van der Waals surface area contributed by atoms with Gasteiger partial charge in [-0.2, -0.15) is 0 Å². The second-order valence-corrected chi connectivity index (χ2v) is 6.46. The van der Waals surface area contributed by atoms with Crippen molar-refractivity contribution in [2.24, 2.45) is 5.73 Å². The van der Waals surface area contributed by atoms with Crippen LogP contribution in [0.25, 0.3) is 0 Å². The first-order chi connectivity index (χ1) is 9.47. The van der Waals surface area contributed by atoms with Crippen LogP contribution < -0.4 is 5.73 Å². The van der Waals surface area contributed by atoms with E-state index in [9.17, 15) is 0 Å². The van der Waals surface area contributed by atoms with Crippen LogP contribution in [-0.2, 0) is 0 Å². The van der Waals surface area contributed by atoms with Gasteiger partial charge in [0.05, 0.1) is 0 Å². The van der Waals surface area contributed by atoms with Gasteiger partial charge >= 0.3 is 0 Å². The summed E-state index contributed by atoms with van der Waals surface area (Å²) >= 11 is 0. The number of nitrogens with two attached hydrogens (primary N) is 1. The average Bonchev–Trinajstić information content (AvgIpc) is 2.39. The molecule has 0 saturated carbocycles. The first-order valence-corrected chi connectivity index (χ1v) is 7.69. The Bertz CT molecular complexity index is 434. The molecule has 0 bridgehead atoms. The van der Waals surface area contributed by atoms with Crippen molar-refractivity contribution in [3.05, 3.63) is 34.9 Å². The molecule has 1 atom stereocenters. The van der Waals surface area contributed by atoms with Crippen molar-refractivity contribution < 1.29 is 0 Å². The Morgan fingerprint density at radius 3 is 2.45 bits per heavy atom. The summed E-state index contributed by atoms with van der Waals surface area (Å²) in [4.78, 5) is 4.87. The van der Waals surface area contributed by atoms with E-state index >= 15 is 0 Å². The number of likely N-dealkylation sites (tertiary alicyclic amines) is 1. The highest BCUT2D eigenvalue weighted by Gasteiger charge is 2.22. The lowest BCUT2D eigenvalue weighted by atomic mass is 9.98. The number of piperidine rings is 1. The monoisotopic (exact) mass is 275 g/mol. The van der Waals surface area contributed by atoms with Gasteiger partial charge in [0.1, 0.15) is 0 Å². The lowest BCUT2D eigenvalue weighted by Gasteiger charge is -2.36. The van der Waals surface area contributed by atoms with Crippen molar-refractivity contribution in [3.63, 3.8) is 0 Å². The molecule has 1 saturated heterocycles. The molecule has 0 spiro atoms. The SMILES string of the molecule is Cc1ccc(C(N)CN2CCC(N(C)C)CC2)c(C)c1. The van der Waals surface area contributed by atoms with Gasteiger partial charge in [0, 0.05) is 18.6 Å². The largest absolute Gasteiger partial charge is 0.323 e. The van der Waals surface area contributed by atoms with Gasteiger partial charge < -0.3 is 15.5 Å². The van der Waals surface area contributed by atoms with Gasteiger partial charge in [-0.05, 0) is 65.0 Å². The minimum Gasteiger partial charge on any atom is -0.323 e. The van der Waals surface area contributed by atoms with E-state index in [2.05, 4.69) is 55.9 Å². The topological polar surface area (TPSA) is 32.5 Å². The molecular formula is C17H29N3. The Kier molecular flexibility index (Phi) is 5.19. The van der Waals surface area contributed by atoms with Crippen LogP contribution in [0.15, 0.2) is 18.2 Å². The van der Waals surface area contributed by atoms with Crippen LogP contribution in [-0.4, -0.2) is 49.6 Å². The van der Waals surface area contributed by atoms with E-state index in [-0.39, 0.29) is 6.04 Å². The molecule has 2 rings (SSSR count). The number of aryl methyl sites for hydroxylation is 2. The Labute approximate surface area is 123 Å². The van der Waals surface area contributed by atoms with Crippen molar-refractivity contribution in [2.75, 3.05) is 33.7 Å². The molecule has 2 N–H and O–H groups in total. The molecule has 20 heavy (non-hydrogen) atoms. The maximum absolute atomic E-state index is 6.42. The van der Waals surface area contributed by atoms with Gasteiger partial charge in [0.15, 0.2) is 0 Å². The maximum Gasteiger partial charge on any atom is 0.0426 e. The third-order valence-corrected chi connectivity index (χ3v) is 4.57. The zero-order valence-corrected chi connectivity index (χ0v) is 13.4. The average molecular weight is 275 g/mol. The molecule has 0 aromatic heterocycles. The number of hydrogen-bond acceptors (Lipinski definition) is 3. The summed E-state index contributed by atoms with van der Waals surface area (Å²) in [6, 6.07) is 7.46. The minimum absolute atomic E-state index is 0.131. The van der Waals surface area contributed by atoms with Crippen LogP contribution in [0.5, 0.6) is 0 Å². The Morgan fingerprint density at radius 2 is 1.90 bits per heavy atom. The molecule has 3 heteroatoms. The van der Waals surface area contributed by atoms with Crippen molar-refractivity contribution in [2.45, 2.75) is 38.8 Å². The van der Waals surface area contributed by atoms with Crippen LogP contribution in [0.2, 0.25) is 0 Å². The van der Waals surface area contributed by atoms with Gasteiger partial charge in [-0.3, -0.25) is 0 Å². The van der Waals surface area contributed by atoms with Crippen LogP contribution in [0.3, 0.4) is 0 Å². The molecule has 1 aromatic carbocycles. The number of nitrogens with zero attached hydrogens (tertiary/aromatic N) is 2. The fourth-order valence-corrected chi connectivity index (χ4v) is 3.24. The molecule has 0 amide bonds. The van der Waals surface area contributed by atoms with Gasteiger partial charge in [0.2, 0.25) is 0 Å². The molecule has 1 aliphatic heterocycles. The lowest BCUT2D eigenvalue weighted by Crippen LogP contribution is -2.44. The highest BCUT2D eigenvalue weighted by atomic mass is 15.2. The Hall–Kier alpha value is -0.900. The Balaban J connectivity index is 1.90. The van der Waals surface area contributed by atoms with Gasteiger partial charge in [-0.25, -0.2) is 0 Å². The first-order valence-electron chi connectivity index (χ1n) is 7.69. The smallest absolute Gasteiger partial charge is 0.0426 e. The maximum atomic E-state index is 6.42. The third kappa shape index (κ3) is 3.81. The lowest BCUT2D eigenvalue weighted by molar-refractivity contribution is 0.139. The van der Waals surface area contributed by atoms with E-state index in [0.717, 1.165) is 12.6 Å². The summed E-state index contributed by atoms with van der Waals surface area (Å²) in [5.41, 5.74) is 10.3. The van der Waals surface area contributed by atoms with Gasteiger partial charge in [-0.1, -0.05) is 23.8 Å². The van der Waals surface area contributed by atoms with Gasteiger partial charge in [0.25, 0.3) is 0 Å². The molecule has 1 aromatic rings. The molecule has 3 nitrogen and oxygen atoms in total. The van der Waals surface area contributed by atoms with Crippen LogP contribution in [0, 0.1) is 13.8 Å². The first kappa shape index (κ1) is 15.5. The van der Waals surface area contributed by atoms with Crippen molar-refractivity contribution in [1.29, 1.82) is 0 Å². The van der Waals surface area contributed by atoms with E-state index < -0.39 is 0 Å². The van der Waals surface area contributed by atoms with Gasteiger partial charge in [-0.15, -0.1) is 0 Å². The van der Waals surface area contributed by atoms with E-state index in [0.29, 0.717) is 0 Å². The zero-order valence-electron chi connectivity index (χ0n) is 13.4. The summed E-state index contributed by atoms with van der Waals surface area (Å²) in [6.07, 6.45) is 2.51. The van der Waals surface area contributed by atoms with Crippen molar-refractivity contribution >= 4 is 0 Å². The van der Waals surface area contributed by atoms with E-state index in [1.54, 1.807) is 0 Å². The minimum atomic E-state index is 0.131. The summed E-state index contributed by atoms with van der Waals surface area (Å²) in [7, 11) is 4.36. The third-order valence-electron chi connectivity index (χ3n) is 4.57. The molecule has 1 aliphatic rings. The molecule has 1 fully saturated rings. The fourth-order valence-electron chi connectivity index (χ4n) is 3.24. The summed E-state index contributed by atoms with van der Waals surface area (Å²) in [6.45, 7) is 7.61. The van der Waals surface area contributed by atoms with Crippen LogP contribution in [0.4, 0.5) is 0 Å². The van der Waals surface area contributed by atoms with Crippen LogP contribution >= 0.6 is 0 Å². The standard InChI is InChI=1S/C17H29N3/c1-13-5-6-16(14(2)11-13)17(18)12-20-9-7-15(8-10-20)19(3)4/h5-6,11,15,17H,7-10,12,18H2,1-4H3. The van der Waals surface area contributed by atoms with E-state index in [4.69, 9.17) is 5.73 Å². The Morgan fingerprint density at radius 1 is 1.25 bits per heavy atom. The molecule has 0 radical (unpaired) electrons. The summed E-state index contributed by atoms with van der Waals surface area (Å²) in [5.74, 6) is 0. The fraction of sp³-hybridized carbons (Fsp3) is 0.647. The number of benzene rings is 1. The normalized spacial score (nSPS) is 19.5. The number of rotatable bonds is 4. The number of hydrogen-bond donors (Lipinski definition) is 1. The quantitative estimate of drug-likeness (QED) is 0.915. The van der Waals surface area contributed by atoms with E-state index in [1.807, 2.05) is 0 Å². The summed E-state index contributed by atoms with van der Waals surface area (Å²) in [5, 5.41) is 0. The highest BCUT2D eigenvalue weighted by Crippen LogP contribution is 2.21. The summed E-state index contributed by atoms with van der Waals surface area (Å²) < 4.78 is 0. The molecule has 112 valence electrons. The van der Waals surface area contributed by atoms with E-state index in [1.165, 1.54) is 42.6 Å². The zero-order chi connectivity index (χ0) is 14.7. The van der Waals surface area contributed by atoms with Crippen LogP contribution in [0.1, 0.15) is 35.6 Å². The molecule has 0 aliphatic carbocycles. The molecule has 1 unspecified atom stereocenters. The van der Waals surface area contributed by atoms with Crippen molar-refractivity contribution in [3.8, 4) is 0 Å². The highest BCUT2D eigenvalue weighted by molar-refractivity contribution is 5.32. The second-order valence-electron chi connectivity index (χ2n) is 6.46.